The lowest BCUT2D eigenvalue weighted by Gasteiger charge is -2.44. The Balaban J connectivity index is 1.82. The second-order valence-corrected chi connectivity index (χ2v) is 6.66. The molecule has 0 amide bonds. The summed E-state index contributed by atoms with van der Waals surface area (Å²) in [5.41, 5.74) is 6.69. The van der Waals surface area contributed by atoms with Gasteiger partial charge in [-0.1, -0.05) is 13.8 Å². The van der Waals surface area contributed by atoms with Crippen molar-refractivity contribution in [3.63, 3.8) is 0 Å². The van der Waals surface area contributed by atoms with Gasteiger partial charge in [0.05, 0.1) is 6.10 Å². The molecule has 2 aliphatic rings. The van der Waals surface area contributed by atoms with E-state index in [2.05, 4.69) is 19.2 Å². The van der Waals surface area contributed by atoms with Crippen LogP contribution in [0.1, 0.15) is 52.4 Å². The van der Waals surface area contributed by atoms with Crippen molar-refractivity contribution >= 4 is 0 Å². The molecular formula is C14H28N2O. The number of hydrogen-bond donors (Lipinski definition) is 2. The van der Waals surface area contributed by atoms with E-state index in [0.29, 0.717) is 11.5 Å². The molecule has 1 atom stereocenters. The molecule has 2 fully saturated rings. The van der Waals surface area contributed by atoms with E-state index in [4.69, 9.17) is 10.5 Å². The van der Waals surface area contributed by atoms with Gasteiger partial charge in [-0.05, 0) is 43.9 Å². The van der Waals surface area contributed by atoms with Crippen LogP contribution in [-0.2, 0) is 4.74 Å². The molecule has 0 aromatic carbocycles. The lowest BCUT2D eigenvalue weighted by Crippen LogP contribution is -2.55. The van der Waals surface area contributed by atoms with Crippen LogP contribution in [0, 0.1) is 5.41 Å². The molecule has 3 heteroatoms. The average molecular weight is 240 g/mol. The zero-order valence-electron chi connectivity index (χ0n) is 11.4. The highest BCUT2D eigenvalue weighted by molar-refractivity contribution is 4.96. The summed E-state index contributed by atoms with van der Waals surface area (Å²) >= 11 is 0. The van der Waals surface area contributed by atoms with Gasteiger partial charge in [0, 0.05) is 25.2 Å². The van der Waals surface area contributed by atoms with Crippen molar-refractivity contribution in [1.82, 2.24) is 5.32 Å². The first-order valence-electron chi connectivity index (χ1n) is 7.12. The first-order valence-corrected chi connectivity index (χ1v) is 7.12. The van der Waals surface area contributed by atoms with Crippen LogP contribution in [-0.4, -0.2) is 31.3 Å². The lowest BCUT2D eigenvalue weighted by molar-refractivity contribution is 0.0839. The molecule has 0 bridgehead atoms. The minimum atomic E-state index is 0.182. The number of nitrogens with two attached hydrogens (primary N) is 1. The van der Waals surface area contributed by atoms with Crippen LogP contribution in [0.2, 0.25) is 0 Å². The summed E-state index contributed by atoms with van der Waals surface area (Å²) in [5.74, 6) is 0. The monoisotopic (exact) mass is 240 g/mol. The molecule has 0 aromatic rings. The van der Waals surface area contributed by atoms with E-state index in [9.17, 15) is 0 Å². The Labute approximate surface area is 105 Å². The van der Waals surface area contributed by atoms with Crippen LogP contribution in [0.15, 0.2) is 0 Å². The van der Waals surface area contributed by atoms with E-state index in [1.54, 1.807) is 0 Å². The standard InChI is InChI=1S/C14H28N2O/c1-13(2)5-7-14(11-15,8-6-13)16-10-12-4-3-9-17-12/h12,16H,3-11,15H2,1-2H3. The Morgan fingerprint density at radius 3 is 2.47 bits per heavy atom. The molecule has 1 aliphatic carbocycles. The lowest BCUT2D eigenvalue weighted by atomic mass is 9.69. The van der Waals surface area contributed by atoms with Crippen molar-refractivity contribution in [2.45, 2.75) is 64.0 Å². The number of rotatable bonds is 4. The van der Waals surface area contributed by atoms with Crippen molar-refractivity contribution in [3.8, 4) is 0 Å². The molecule has 0 spiro atoms. The largest absolute Gasteiger partial charge is 0.377 e. The molecule has 1 aliphatic heterocycles. The molecule has 2 rings (SSSR count). The molecule has 3 nitrogen and oxygen atoms in total. The van der Waals surface area contributed by atoms with Gasteiger partial charge in [0.2, 0.25) is 0 Å². The first kappa shape index (κ1) is 13.3. The van der Waals surface area contributed by atoms with Gasteiger partial charge in [0.1, 0.15) is 0 Å². The van der Waals surface area contributed by atoms with Crippen molar-refractivity contribution in [2.75, 3.05) is 19.7 Å². The fraction of sp³-hybridized carbons (Fsp3) is 1.00. The summed E-state index contributed by atoms with van der Waals surface area (Å²) in [5, 5.41) is 3.71. The highest BCUT2D eigenvalue weighted by Crippen LogP contribution is 2.39. The normalized spacial score (nSPS) is 31.6. The molecule has 0 aromatic heterocycles. The van der Waals surface area contributed by atoms with Crippen molar-refractivity contribution in [1.29, 1.82) is 0 Å². The van der Waals surface area contributed by atoms with E-state index >= 15 is 0 Å². The van der Waals surface area contributed by atoms with Gasteiger partial charge in [0.15, 0.2) is 0 Å². The summed E-state index contributed by atoms with van der Waals surface area (Å²) in [4.78, 5) is 0. The van der Waals surface area contributed by atoms with Gasteiger partial charge in [-0.2, -0.15) is 0 Å². The number of ether oxygens (including phenoxy) is 1. The second-order valence-electron chi connectivity index (χ2n) is 6.66. The van der Waals surface area contributed by atoms with Crippen LogP contribution in [0.4, 0.5) is 0 Å². The molecule has 3 N–H and O–H groups in total. The minimum absolute atomic E-state index is 0.182. The maximum absolute atomic E-state index is 6.01. The van der Waals surface area contributed by atoms with E-state index in [1.165, 1.54) is 38.5 Å². The summed E-state index contributed by atoms with van der Waals surface area (Å²) in [6, 6.07) is 0. The van der Waals surface area contributed by atoms with Crippen LogP contribution in [0.25, 0.3) is 0 Å². The molecule has 0 radical (unpaired) electrons. The third-order valence-electron chi connectivity index (χ3n) is 4.68. The molecule has 100 valence electrons. The Kier molecular flexibility index (Phi) is 4.11. The third kappa shape index (κ3) is 3.43. The second kappa shape index (κ2) is 5.25. The Morgan fingerprint density at radius 1 is 1.24 bits per heavy atom. The van der Waals surface area contributed by atoms with Crippen LogP contribution < -0.4 is 11.1 Å². The van der Waals surface area contributed by atoms with Gasteiger partial charge >= 0.3 is 0 Å². The molecule has 1 saturated carbocycles. The summed E-state index contributed by atoms with van der Waals surface area (Å²) in [7, 11) is 0. The van der Waals surface area contributed by atoms with Gasteiger partial charge in [-0.15, -0.1) is 0 Å². The first-order chi connectivity index (χ1) is 8.05. The van der Waals surface area contributed by atoms with Crippen LogP contribution >= 0.6 is 0 Å². The number of hydrogen-bond acceptors (Lipinski definition) is 3. The van der Waals surface area contributed by atoms with E-state index in [0.717, 1.165) is 19.7 Å². The van der Waals surface area contributed by atoms with E-state index < -0.39 is 0 Å². The molecule has 1 unspecified atom stereocenters. The zero-order chi connectivity index (χ0) is 12.4. The summed E-state index contributed by atoms with van der Waals surface area (Å²) in [6.45, 7) is 7.42. The quantitative estimate of drug-likeness (QED) is 0.790. The van der Waals surface area contributed by atoms with E-state index in [-0.39, 0.29) is 5.54 Å². The maximum atomic E-state index is 6.01. The van der Waals surface area contributed by atoms with Gasteiger partial charge in [-0.25, -0.2) is 0 Å². The predicted octanol–water partition coefficient (Wildman–Crippen LogP) is 2.05. The van der Waals surface area contributed by atoms with Gasteiger partial charge in [-0.3, -0.25) is 0 Å². The van der Waals surface area contributed by atoms with Crippen molar-refractivity contribution in [3.05, 3.63) is 0 Å². The average Bonchev–Trinajstić information content (AvgIpc) is 2.82. The Bertz CT molecular complexity index is 237. The SMILES string of the molecule is CC1(C)CCC(CN)(NCC2CCCO2)CC1. The van der Waals surface area contributed by atoms with Crippen LogP contribution in [0.3, 0.4) is 0 Å². The number of nitrogens with one attached hydrogen (secondary N) is 1. The molecular weight excluding hydrogens is 212 g/mol. The topological polar surface area (TPSA) is 47.3 Å². The highest BCUT2D eigenvalue weighted by Gasteiger charge is 2.37. The molecule has 1 heterocycles. The van der Waals surface area contributed by atoms with Gasteiger partial charge < -0.3 is 15.8 Å². The van der Waals surface area contributed by atoms with E-state index in [1.807, 2.05) is 0 Å². The van der Waals surface area contributed by atoms with Crippen molar-refractivity contribution < 1.29 is 4.74 Å². The maximum Gasteiger partial charge on any atom is 0.0700 e. The van der Waals surface area contributed by atoms with Crippen LogP contribution in [0.5, 0.6) is 0 Å². The molecule has 1 saturated heterocycles. The predicted molar refractivity (Wildman–Crippen MR) is 71.0 cm³/mol. The minimum Gasteiger partial charge on any atom is -0.377 e. The third-order valence-corrected chi connectivity index (χ3v) is 4.68. The van der Waals surface area contributed by atoms with Crippen molar-refractivity contribution in [2.24, 2.45) is 11.1 Å². The summed E-state index contributed by atoms with van der Waals surface area (Å²) < 4.78 is 5.67. The smallest absolute Gasteiger partial charge is 0.0700 e. The fourth-order valence-electron chi connectivity index (χ4n) is 2.99. The highest BCUT2D eigenvalue weighted by atomic mass is 16.5. The Hall–Kier alpha value is -0.120. The van der Waals surface area contributed by atoms with Gasteiger partial charge in [0.25, 0.3) is 0 Å². The zero-order valence-corrected chi connectivity index (χ0v) is 11.4. The summed E-state index contributed by atoms with van der Waals surface area (Å²) in [6.07, 6.45) is 7.83. The Morgan fingerprint density at radius 2 is 1.94 bits per heavy atom. The fourth-order valence-corrected chi connectivity index (χ4v) is 2.99. The molecule has 17 heavy (non-hydrogen) atoms.